The molecule has 0 saturated carbocycles. The molecule has 31 heavy (non-hydrogen) atoms. The number of nitrogens with one attached hydrogen (secondary N) is 1. The van der Waals surface area contributed by atoms with Gasteiger partial charge in [0.1, 0.15) is 0 Å². The van der Waals surface area contributed by atoms with Crippen LogP contribution in [-0.2, 0) is 9.53 Å². The Balaban J connectivity index is 1.25. The van der Waals surface area contributed by atoms with Crippen molar-refractivity contribution in [3.8, 4) is 5.69 Å². The third-order valence-corrected chi connectivity index (χ3v) is 6.06. The van der Waals surface area contributed by atoms with Crippen LogP contribution in [0.4, 0.5) is 10.8 Å². The fourth-order valence-electron chi connectivity index (χ4n) is 3.38. The largest absolute Gasteiger partial charge is 0.378 e. The van der Waals surface area contributed by atoms with Crippen molar-refractivity contribution in [3.63, 3.8) is 0 Å². The molecule has 5 rings (SSSR count). The molecule has 1 fully saturated rings. The van der Waals surface area contributed by atoms with Gasteiger partial charge in [0.05, 0.1) is 35.3 Å². The molecule has 0 unspecified atom stereocenters. The number of nitrogens with zero attached hydrogens (tertiary/aromatic N) is 4. The zero-order valence-electron chi connectivity index (χ0n) is 16.8. The van der Waals surface area contributed by atoms with E-state index in [1.54, 1.807) is 28.3 Å². The highest BCUT2D eigenvalue weighted by Gasteiger charge is 2.15. The molecule has 7 nitrogen and oxygen atoms in total. The summed E-state index contributed by atoms with van der Waals surface area (Å²) in [6, 6.07) is 15.6. The first-order valence-electron chi connectivity index (χ1n) is 10.1. The molecule has 0 radical (unpaired) electrons. The van der Waals surface area contributed by atoms with Crippen LogP contribution in [0.5, 0.6) is 0 Å². The smallest absolute Gasteiger partial charge is 0.248 e. The number of carbonyl (C=O) groups is 1. The molecule has 1 saturated heterocycles. The summed E-state index contributed by atoms with van der Waals surface area (Å²) in [5.74, 6) is -0.190. The number of aromatic nitrogens is 3. The lowest BCUT2D eigenvalue weighted by Gasteiger charge is -2.25. The maximum absolute atomic E-state index is 12.4. The highest BCUT2D eigenvalue weighted by molar-refractivity contribution is 7.22. The van der Waals surface area contributed by atoms with E-state index < -0.39 is 0 Å². The average molecular weight is 432 g/mol. The normalized spacial score (nSPS) is 14.4. The number of anilines is 2. The lowest BCUT2D eigenvalue weighted by Crippen LogP contribution is -2.36. The molecule has 156 valence electrons. The first-order chi connectivity index (χ1) is 15.2. The van der Waals surface area contributed by atoms with E-state index >= 15 is 0 Å². The van der Waals surface area contributed by atoms with Gasteiger partial charge in [0.2, 0.25) is 5.91 Å². The van der Waals surface area contributed by atoms with Gasteiger partial charge in [-0.2, -0.15) is 5.10 Å². The van der Waals surface area contributed by atoms with E-state index in [0.717, 1.165) is 58.6 Å². The van der Waals surface area contributed by atoms with Crippen molar-refractivity contribution in [1.29, 1.82) is 0 Å². The maximum atomic E-state index is 12.4. The van der Waals surface area contributed by atoms with Crippen LogP contribution in [0, 0.1) is 0 Å². The molecule has 0 spiro atoms. The predicted molar refractivity (Wildman–Crippen MR) is 124 cm³/mol. The number of thiazole rings is 1. The number of amides is 1. The monoisotopic (exact) mass is 431 g/mol. The third-order valence-electron chi connectivity index (χ3n) is 4.98. The van der Waals surface area contributed by atoms with Crippen LogP contribution in [-0.4, -0.2) is 47.0 Å². The number of fused-ring (bicyclic) bond motifs is 1. The molecule has 0 aliphatic carbocycles. The van der Waals surface area contributed by atoms with Gasteiger partial charge in [-0.15, -0.1) is 0 Å². The Labute approximate surface area is 183 Å². The Morgan fingerprint density at radius 2 is 1.97 bits per heavy atom. The number of ether oxygens (including phenoxy) is 1. The zero-order valence-corrected chi connectivity index (χ0v) is 17.6. The summed E-state index contributed by atoms with van der Waals surface area (Å²) in [5.41, 5.74) is 3.51. The number of para-hydroxylation sites is 1. The third kappa shape index (κ3) is 4.50. The summed E-state index contributed by atoms with van der Waals surface area (Å²) >= 11 is 1.63. The molecule has 2 aromatic carbocycles. The van der Waals surface area contributed by atoms with Gasteiger partial charge in [0, 0.05) is 36.6 Å². The van der Waals surface area contributed by atoms with Gasteiger partial charge in [-0.3, -0.25) is 4.79 Å². The van der Waals surface area contributed by atoms with E-state index in [0.29, 0.717) is 0 Å². The summed E-state index contributed by atoms with van der Waals surface area (Å²) < 4.78 is 8.24. The van der Waals surface area contributed by atoms with E-state index in [1.807, 2.05) is 54.7 Å². The van der Waals surface area contributed by atoms with Crippen LogP contribution in [0.25, 0.3) is 22.0 Å². The predicted octanol–water partition coefficient (Wildman–Crippen LogP) is 3.97. The second-order valence-corrected chi connectivity index (χ2v) is 8.16. The Bertz CT molecular complexity index is 1230. The van der Waals surface area contributed by atoms with E-state index in [4.69, 9.17) is 9.72 Å². The standard InChI is InChI=1S/C23H21N5O2S/c29-22(9-6-17-15-24-28(16-17)19-4-2-1-3-5-19)25-18-7-8-20-21(14-18)31-23(26-20)27-10-12-30-13-11-27/h1-9,14-16H,10-13H2,(H,25,29)/b9-6+. The number of hydrogen-bond acceptors (Lipinski definition) is 6. The van der Waals surface area contributed by atoms with Crippen LogP contribution in [0.2, 0.25) is 0 Å². The Morgan fingerprint density at radius 3 is 2.81 bits per heavy atom. The average Bonchev–Trinajstić information content (AvgIpc) is 3.46. The molecule has 1 aliphatic rings. The Kier molecular flexibility index (Phi) is 5.47. The zero-order chi connectivity index (χ0) is 21.0. The molecule has 3 heterocycles. The van der Waals surface area contributed by atoms with Crippen molar-refractivity contribution in [1.82, 2.24) is 14.8 Å². The van der Waals surface area contributed by atoms with E-state index in [-0.39, 0.29) is 5.91 Å². The molecule has 2 aromatic heterocycles. The second kappa shape index (κ2) is 8.71. The quantitative estimate of drug-likeness (QED) is 0.484. The molecule has 8 heteroatoms. The van der Waals surface area contributed by atoms with Gasteiger partial charge in [0.15, 0.2) is 5.13 Å². The van der Waals surface area contributed by atoms with Crippen molar-refractivity contribution >= 4 is 44.4 Å². The minimum Gasteiger partial charge on any atom is -0.378 e. The fourth-order valence-corrected chi connectivity index (χ4v) is 4.44. The van der Waals surface area contributed by atoms with Crippen molar-refractivity contribution in [2.24, 2.45) is 0 Å². The van der Waals surface area contributed by atoms with Crippen LogP contribution in [0.3, 0.4) is 0 Å². The number of benzene rings is 2. The van der Waals surface area contributed by atoms with Crippen LogP contribution >= 0.6 is 11.3 Å². The van der Waals surface area contributed by atoms with E-state index in [1.165, 1.54) is 6.08 Å². The molecule has 1 aliphatic heterocycles. The topological polar surface area (TPSA) is 72.3 Å². The molecule has 0 atom stereocenters. The maximum Gasteiger partial charge on any atom is 0.248 e. The van der Waals surface area contributed by atoms with Crippen molar-refractivity contribution in [2.75, 3.05) is 36.5 Å². The lowest BCUT2D eigenvalue weighted by atomic mass is 10.3. The molecule has 4 aromatic rings. The number of rotatable bonds is 5. The number of carbonyl (C=O) groups excluding carboxylic acids is 1. The molecule has 1 N–H and O–H groups in total. The van der Waals surface area contributed by atoms with E-state index in [9.17, 15) is 4.79 Å². The highest BCUT2D eigenvalue weighted by Crippen LogP contribution is 2.31. The summed E-state index contributed by atoms with van der Waals surface area (Å²) in [7, 11) is 0. The Hall–Kier alpha value is -3.49. The van der Waals surface area contributed by atoms with Crippen molar-refractivity contribution < 1.29 is 9.53 Å². The summed E-state index contributed by atoms with van der Waals surface area (Å²) in [4.78, 5) is 19.3. The molecular formula is C23H21N5O2S. The first-order valence-corrected chi connectivity index (χ1v) is 10.9. The summed E-state index contributed by atoms with van der Waals surface area (Å²) in [5, 5.41) is 8.26. The number of hydrogen-bond donors (Lipinski definition) is 1. The van der Waals surface area contributed by atoms with Gasteiger partial charge in [-0.25, -0.2) is 9.67 Å². The van der Waals surface area contributed by atoms with Crippen LogP contribution in [0.1, 0.15) is 5.56 Å². The van der Waals surface area contributed by atoms with Crippen LogP contribution in [0.15, 0.2) is 67.0 Å². The molecular weight excluding hydrogens is 410 g/mol. The minimum atomic E-state index is -0.190. The summed E-state index contributed by atoms with van der Waals surface area (Å²) in [6.07, 6.45) is 6.88. The van der Waals surface area contributed by atoms with Crippen molar-refractivity contribution in [2.45, 2.75) is 0 Å². The van der Waals surface area contributed by atoms with E-state index in [2.05, 4.69) is 15.3 Å². The first kappa shape index (κ1) is 19.5. The summed E-state index contributed by atoms with van der Waals surface area (Å²) in [6.45, 7) is 3.17. The van der Waals surface area contributed by atoms with Gasteiger partial charge in [-0.05, 0) is 36.4 Å². The van der Waals surface area contributed by atoms with Crippen molar-refractivity contribution in [3.05, 3.63) is 72.6 Å². The fraction of sp³-hybridized carbons (Fsp3) is 0.174. The van der Waals surface area contributed by atoms with Gasteiger partial charge < -0.3 is 15.0 Å². The molecule has 0 bridgehead atoms. The van der Waals surface area contributed by atoms with Gasteiger partial charge in [0.25, 0.3) is 0 Å². The SMILES string of the molecule is O=C(/C=C/c1cnn(-c2ccccc2)c1)Nc1ccc2nc(N3CCOCC3)sc2c1. The Morgan fingerprint density at radius 1 is 1.13 bits per heavy atom. The van der Waals surface area contributed by atoms with Crippen LogP contribution < -0.4 is 10.2 Å². The van der Waals surface area contributed by atoms with Gasteiger partial charge in [-0.1, -0.05) is 29.5 Å². The molecule has 1 amide bonds. The highest BCUT2D eigenvalue weighted by atomic mass is 32.1. The minimum absolute atomic E-state index is 0.190. The lowest BCUT2D eigenvalue weighted by molar-refractivity contribution is -0.111. The second-order valence-electron chi connectivity index (χ2n) is 7.15. The van der Waals surface area contributed by atoms with Gasteiger partial charge >= 0.3 is 0 Å². The number of morpholine rings is 1.